The highest BCUT2D eigenvalue weighted by molar-refractivity contribution is 7.89. The van der Waals surface area contributed by atoms with Gasteiger partial charge in [0.2, 0.25) is 10.0 Å². The summed E-state index contributed by atoms with van der Waals surface area (Å²) in [5.74, 6) is 0.178. The van der Waals surface area contributed by atoms with E-state index >= 15 is 0 Å². The van der Waals surface area contributed by atoms with Crippen LogP contribution in [0.15, 0.2) is 29.2 Å². The third-order valence-corrected chi connectivity index (χ3v) is 7.45. The highest BCUT2D eigenvalue weighted by Crippen LogP contribution is 2.27. The van der Waals surface area contributed by atoms with Crippen LogP contribution < -0.4 is 5.32 Å². The van der Waals surface area contributed by atoms with Crippen LogP contribution in [0.25, 0.3) is 0 Å². The van der Waals surface area contributed by atoms with Crippen LogP contribution in [0.4, 0.5) is 5.69 Å². The number of aromatic amines is 1. The molecule has 1 aliphatic rings. The number of benzene rings is 1. The second-order valence-corrected chi connectivity index (χ2v) is 10.4. The molecule has 2 aromatic rings. The molecular weight excluding hydrogens is 402 g/mol. The first-order chi connectivity index (χ1) is 14.0. The number of H-pyrrole nitrogens is 1. The quantitative estimate of drug-likeness (QED) is 0.704. The van der Waals surface area contributed by atoms with E-state index < -0.39 is 10.0 Å². The topological polar surface area (TPSA) is 99.3 Å². The summed E-state index contributed by atoms with van der Waals surface area (Å²) in [6.45, 7) is 10.1. The molecule has 30 heavy (non-hydrogen) atoms. The van der Waals surface area contributed by atoms with Gasteiger partial charge >= 0.3 is 0 Å². The normalized spacial score (nSPS) is 20.2. The minimum atomic E-state index is -3.57. The van der Waals surface area contributed by atoms with Crippen molar-refractivity contribution in [1.29, 1.82) is 0 Å². The Morgan fingerprint density at radius 2 is 1.63 bits per heavy atom. The van der Waals surface area contributed by atoms with Crippen molar-refractivity contribution in [3.05, 3.63) is 46.8 Å². The van der Waals surface area contributed by atoms with E-state index in [0.717, 1.165) is 6.42 Å². The van der Waals surface area contributed by atoms with Gasteiger partial charge in [0.05, 0.1) is 4.90 Å². The summed E-state index contributed by atoms with van der Waals surface area (Å²) in [6, 6.07) is 6.20. The Kier molecular flexibility index (Phi) is 6.19. The standard InChI is InChI=1S/C22H29N3O4S/c1-13-10-14(2)12-25(11-13)30(28,29)19-8-6-18(7-9-19)24-22(27)21-15(3)20(17(5)26)16(4)23-21/h6-9,13-14,23H,10-12H2,1-5H3,(H,24,27)/t13-,14-/m1/s1. The second kappa shape index (κ2) is 8.35. The fraction of sp³-hybridized carbons (Fsp3) is 0.455. The molecule has 1 fully saturated rings. The molecule has 1 aliphatic heterocycles. The number of hydrogen-bond acceptors (Lipinski definition) is 4. The molecule has 3 rings (SSSR count). The number of nitrogens with one attached hydrogen (secondary N) is 2. The van der Waals surface area contributed by atoms with Crippen LogP contribution in [0.5, 0.6) is 0 Å². The lowest BCUT2D eigenvalue weighted by Gasteiger charge is -2.34. The molecule has 0 aliphatic carbocycles. The van der Waals surface area contributed by atoms with Gasteiger partial charge in [-0.2, -0.15) is 4.31 Å². The highest BCUT2D eigenvalue weighted by Gasteiger charge is 2.31. The average molecular weight is 432 g/mol. The Morgan fingerprint density at radius 3 is 2.13 bits per heavy atom. The second-order valence-electron chi connectivity index (χ2n) is 8.43. The predicted octanol–water partition coefficient (Wildman–Crippen LogP) is 3.75. The van der Waals surface area contributed by atoms with E-state index in [-0.39, 0.29) is 16.6 Å². The Bertz CT molecular complexity index is 1060. The number of ketones is 1. The van der Waals surface area contributed by atoms with Crippen molar-refractivity contribution in [2.75, 3.05) is 18.4 Å². The zero-order chi connectivity index (χ0) is 22.2. The van der Waals surface area contributed by atoms with Gasteiger partial charge in [-0.3, -0.25) is 9.59 Å². The van der Waals surface area contributed by atoms with Gasteiger partial charge in [0.25, 0.3) is 5.91 Å². The maximum Gasteiger partial charge on any atom is 0.272 e. The molecular formula is C22H29N3O4S. The van der Waals surface area contributed by atoms with Crippen LogP contribution in [0.1, 0.15) is 59.3 Å². The number of piperidine rings is 1. The maximum atomic E-state index is 13.0. The molecule has 1 saturated heterocycles. The summed E-state index contributed by atoms with van der Waals surface area (Å²) >= 11 is 0. The van der Waals surface area contributed by atoms with Gasteiger partial charge in [-0.1, -0.05) is 13.8 Å². The van der Waals surface area contributed by atoms with E-state index in [1.165, 1.54) is 19.1 Å². The number of anilines is 1. The molecule has 7 nitrogen and oxygen atoms in total. The van der Waals surface area contributed by atoms with E-state index in [9.17, 15) is 18.0 Å². The number of rotatable bonds is 5. The number of aromatic nitrogens is 1. The van der Waals surface area contributed by atoms with Crippen molar-refractivity contribution in [3.63, 3.8) is 0 Å². The van der Waals surface area contributed by atoms with Gasteiger partial charge in [0.1, 0.15) is 5.69 Å². The van der Waals surface area contributed by atoms with Crippen molar-refractivity contribution >= 4 is 27.4 Å². The molecule has 0 unspecified atom stereocenters. The van der Waals surface area contributed by atoms with Gasteiger partial charge < -0.3 is 10.3 Å². The minimum Gasteiger partial charge on any atom is -0.354 e. The number of aryl methyl sites for hydroxylation is 1. The Balaban J connectivity index is 1.77. The first kappa shape index (κ1) is 22.2. The van der Waals surface area contributed by atoms with Crippen molar-refractivity contribution in [2.45, 2.75) is 45.9 Å². The largest absolute Gasteiger partial charge is 0.354 e. The van der Waals surface area contributed by atoms with Gasteiger partial charge in [-0.05, 0) is 68.9 Å². The summed E-state index contributed by atoms with van der Waals surface area (Å²) < 4.78 is 27.5. The van der Waals surface area contributed by atoms with Crippen LogP contribution >= 0.6 is 0 Å². The molecule has 0 saturated carbocycles. The van der Waals surface area contributed by atoms with E-state index in [1.54, 1.807) is 30.3 Å². The zero-order valence-electron chi connectivity index (χ0n) is 18.1. The van der Waals surface area contributed by atoms with Crippen LogP contribution in [0, 0.1) is 25.7 Å². The monoisotopic (exact) mass is 431 g/mol. The van der Waals surface area contributed by atoms with Crippen LogP contribution in [-0.4, -0.2) is 42.5 Å². The first-order valence-electron chi connectivity index (χ1n) is 10.1. The van der Waals surface area contributed by atoms with E-state index in [4.69, 9.17) is 0 Å². The van der Waals surface area contributed by atoms with Crippen LogP contribution in [0.3, 0.4) is 0 Å². The number of sulfonamides is 1. The Labute approximate surface area is 177 Å². The SMILES string of the molecule is CC(=O)c1c(C)[nH]c(C(=O)Nc2ccc(S(=O)(=O)N3C[C@H](C)C[C@@H](C)C3)cc2)c1C. The Morgan fingerprint density at radius 1 is 1.07 bits per heavy atom. The minimum absolute atomic E-state index is 0.101. The Hall–Kier alpha value is -2.45. The average Bonchev–Trinajstić information content (AvgIpc) is 2.96. The fourth-order valence-corrected chi connectivity index (χ4v) is 6.04. The lowest BCUT2D eigenvalue weighted by atomic mass is 9.94. The third kappa shape index (κ3) is 4.34. The molecule has 2 atom stereocenters. The van der Waals surface area contributed by atoms with E-state index in [0.29, 0.717) is 53.1 Å². The molecule has 1 aromatic heterocycles. The molecule has 162 valence electrons. The molecule has 1 aromatic carbocycles. The molecule has 2 N–H and O–H groups in total. The van der Waals surface area contributed by atoms with Crippen molar-refractivity contribution in [1.82, 2.24) is 9.29 Å². The lowest BCUT2D eigenvalue weighted by Crippen LogP contribution is -2.42. The third-order valence-electron chi connectivity index (χ3n) is 5.60. The summed E-state index contributed by atoms with van der Waals surface area (Å²) in [5, 5.41) is 2.76. The van der Waals surface area contributed by atoms with Crippen molar-refractivity contribution < 1.29 is 18.0 Å². The van der Waals surface area contributed by atoms with Crippen molar-refractivity contribution in [2.24, 2.45) is 11.8 Å². The summed E-state index contributed by atoms with van der Waals surface area (Å²) in [6.07, 6.45) is 1.03. The molecule has 0 radical (unpaired) electrons. The number of carbonyl (C=O) groups excluding carboxylic acids is 2. The molecule has 0 spiro atoms. The van der Waals surface area contributed by atoms with Crippen LogP contribution in [-0.2, 0) is 10.0 Å². The molecule has 0 bridgehead atoms. The molecule has 8 heteroatoms. The number of carbonyl (C=O) groups is 2. The van der Waals surface area contributed by atoms with Crippen molar-refractivity contribution in [3.8, 4) is 0 Å². The van der Waals surface area contributed by atoms with E-state index in [1.807, 2.05) is 0 Å². The maximum absolute atomic E-state index is 13.0. The summed E-state index contributed by atoms with van der Waals surface area (Å²) in [4.78, 5) is 27.6. The van der Waals surface area contributed by atoms with Gasteiger partial charge in [-0.25, -0.2) is 8.42 Å². The van der Waals surface area contributed by atoms with Gasteiger partial charge in [-0.15, -0.1) is 0 Å². The number of hydrogen-bond donors (Lipinski definition) is 2. The van der Waals surface area contributed by atoms with Crippen LogP contribution in [0.2, 0.25) is 0 Å². The smallest absolute Gasteiger partial charge is 0.272 e. The summed E-state index contributed by atoms with van der Waals surface area (Å²) in [5.41, 5.74) is 2.58. The summed E-state index contributed by atoms with van der Waals surface area (Å²) in [7, 11) is -3.57. The number of nitrogens with zero attached hydrogens (tertiary/aromatic N) is 1. The fourth-order valence-electron chi connectivity index (χ4n) is 4.36. The highest BCUT2D eigenvalue weighted by atomic mass is 32.2. The predicted molar refractivity (Wildman–Crippen MR) is 116 cm³/mol. The first-order valence-corrected chi connectivity index (χ1v) is 11.6. The van der Waals surface area contributed by atoms with Gasteiger partial charge in [0, 0.05) is 30.0 Å². The zero-order valence-corrected chi connectivity index (χ0v) is 18.9. The lowest BCUT2D eigenvalue weighted by molar-refractivity contribution is 0.101. The van der Waals surface area contributed by atoms with E-state index in [2.05, 4.69) is 24.1 Å². The number of amides is 1. The molecule has 1 amide bonds. The van der Waals surface area contributed by atoms with Gasteiger partial charge in [0.15, 0.2) is 5.78 Å². The number of Topliss-reactive ketones (excluding diaryl/α,β-unsaturated/α-hetero) is 1. The molecule has 2 heterocycles.